The van der Waals surface area contributed by atoms with Crippen LogP contribution >= 0.6 is 0 Å². The van der Waals surface area contributed by atoms with Crippen molar-refractivity contribution in [3.05, 3.63) is 0 Å². The predicted molar refractivity (Wildman–Crippen MR) is 82.2 cm³/mol. The molecule has 0 amide bonds. The lowest BCUT2D eigenvalue weighted by Crippen LogP contribution is -2.66. The first-order valence-electron chi connectivity index (χ1n) is 8.22. The Morgan fingerprint density at radius 2 is 1.95 bits per heavy atom. The van der Waals surface area contributed by atoms with Gasteiger partial charge in [-0.3, -0.25) is 9.80 Å². The summed E-state index contributed by atoms with van der Waals surface area (Å²) in [5.74, 6) is 1.62. The minimum absolute atomic E-state index is 0.278. The van der Waals surface area contributed by atoms with Crippen LogP contribution in [0.3, 0.4) is 0 Å². The van der Waals surface area contributed by atoms with E-state index in [0.717, 1.165) is 18.4 Å². The third-order valence-corrected chi connectivity index (χ3v) is 5.90. The Labute approximate surface area is 119 Å². The van der Waals surface area contributed by atoms with Crippen molar-refractivity contribution in [2.24, 2.45) is 17.6 Å². The lowest BCUT2D eigenvalue weighted by molar-refractivity contribution is -0.0440. The smallest absolute Gasteiger partial charge is 0.0358 e. The average Bonchev–Trinajstić information content (AvgIpc) is 2.39. The Balaban J connectivity index is 2.09. The second-order valence-corrected chi connectivity index (χ2v) is 7.01. The average molecular weight is 267 g/mol. The maximum absolute atomic E-state index is 6.26. The Kier molecular flexibility index (Phi) is 4.91. The zero-order valence-electron chi connectivity index (χ0n) is 13.4. The summed E-state index contributed by atoms with van der Waals surface area (Å²) in [6.07, 6.45) is 3.99. The third-order valence-electron chi connectivity index (χ3n) is 5.90. The number of piperazine rings is 1. The van der Waals surface area contributed by atoms with E-state index in [2.05, 4.69) is 37.5 Å². The molecule has 19 heavy (non-hydrogen) atoms. The quantitative estimate of drug-likeness (QED) is 0.850. The van der Waals surface area contributed by atoms with Crippen LogP contribution < -0.4 is 5.73 Å². The number of nitrogens with two attached hydrogens (primary N) is 1. The highest BCUT2D eigenvalue weighted by molar-refractivity contribution is 5.01. The topological polar surface area (TPSA) is 32.5 Å². The van der Waals surface area contributed by atoms with Crippen LogP contribution in [-0.4, -0.2) is 54.1 Å². The van der Waals surface area contributed by atoms with Crippen LogP contribution in [-0.2, 0) is 0 Å². The minimum Gasteiger partial charge on any atom is -0.329 e. The Morgan fingerprint density at radius 3 is 2.47 bits per heavy atom. The second-order valence-electron chi connectivity index (χ2n) is 7.01. The molecule has 2 fully saturated rings. The summed E-state index contributed by atoms with van der Waals surface area (Å²) in [7, 11) is 0. The molecule has 1 saturated heterocycles. The summed E-state index contributed by atoms with van der Waals surface area (Å²) in [5.41, 5.74) is 6.54. The zero-order chi connectivity index (χ0) is 14.0. The SMILES string of the molecule is CCN1CCN(C2(CN)CCC(C)CC2C)CC1C. The van der Waals surface area contributed by atoms with Crippen LogP contribution in [0.25, 0.3) is 0 Å². The van der Waals surface area contributed by atoms with E-state index in [4.69, 9.17) is 5.73 Å². The highest BCUT2D eigenvalue weighted by Crippen LogP contribution is 2.41. The van der Waals surface area contributed by atoms with Gasteiger partial charge in [-0.25, -0.2) is 0 Å². The molecular formula is C16H33N3. The van der Waals surface area contributed by atoms with Gasteiger partial charge in [0.25, 0.3) is 0 Å². The molecule has 1 saturated carbocycles. The summed E-state index contributed by atoms with van der Waals surface area (Å²) >= 11 is 0. The molecule has 4 atom stereocenters. The van der Waals surface area contributed by atoms with E-state index in [1.807, 2.05) is 0 Å². The second kappa shape index (κ2) is 6.11. The molecule has 1 aliphatic heterocycles. The molecule has 2 rings (SSSR count). The largest absolute Gasteiger partial charge is 0.329 e. The lowest BCUT2D eigenvalue weighted by atomic mass is 9.68. The van der Waals surface area contributed by atoms with Gasteiger partial charge in [0.2, 0.25) is 0 Å². The number of nitrogens with zero attached hydrogens (tertiary/aromatic N) is 2. The van der Waals surface area contributed by atoms with Crippen molar-refractivity contribution in [2.45, 2.75) is 58.5 Å². The van der Waals surface area contributed by atoms with Crippen LogP contribution in [0.4, 0.5) is 0 Å². The van der Waals surface area contributed by atoms with E-state index in [1.54, 1.807) is 0 Å². The Bertz CT molecular complexity index is 294. The van der Waals surface area contributed by atoms with Gasteiger partial charge in [-0.1, -0.05) is 20.8 Å². The fourth-order valence-electron chi connectivity index (χ4n) is 4.46. The number of rotatable bonds is 3. The molecule has 3 nitrogen and oxygen atoms in total. The zero-order valence-corrected chi connectivity index (χ0v) is 13.4. The molecule has 1 heterocycles. The Hall–Kier alpha value is -0.120. The summed E-state index contributed by atoms with van der Waals surface area (Å²) in [5, 5.41) is 0. The summed E-state index contributed by atoms with van der Waals surface area (Å²) in [6, 6.07) is 0.675. The first-order chi connectivity index (χ1) is 9.03. The molecule has 0 aromatic rings. The molecule has 0 aromatic carbocycles. The summed E-state index contributed by atoms with van der Waals surface area (Å²) < 4.78 is 0. The van der Waals surface area contributed by atoms with Gasteiger partial charge >= 0.3 is 0 Å². The molecule has 2 aliphatic rings. The van der Waals surface area contributed by atoms with Crippen LogP contribution in [0.2, 0.25) is 0 Å². The maximum Gasteiger partial charge on any atom is 0.0358 e. The minimum atomic E-state index is 0.278. The van der Waals surface area contributed by atoms with Crippen LogP contribution in [0.5, 0.6) is 0 Å². The van der Waals surface area contributed by atoms with E-state index in [1.165, 1.54) is 45.4 Å². The molecule has 112 valence electrons. The lowest BCUT2D eigenvalue weighted by Gasteiger charge is -2.55. The molecule has 0 spiro atoms. The summed E-state index contributed by atoms with van der Waals surface area (Å²) in [6.45, 7) is 15.1. The fraction of sp³-hybridized carbons (Fsp3) is 1.00. The third kappa shape index (κ3) is 2.84. The van der Waals surface area contributed by atoms with Crippen molar-refractivity contribution in [2.75, 3.05) is 32.7 Å². The molecule has 1 aliphatic carbocycles. The van der Waals surface area contributed by atoms with Crippen molar-refractivity contribution in [3.8, 4) is 0 Å². The molecule has 3 heteroatoms. The van der Waals surface area contributed by atoms with Crippen molar-refractivity contribution in [1.82, 2.24) is 9.80 Å². The van der Waals surface area contributed by atoms with E-state index in [-0.39, 0.29) is 5.54 Å². The van der Waals surface area contributed by atoms with Crippen LogP contribution in [0.15, 0.2) is 0 Å². The maximum atomic E-state index is 6.26. The molecule has 0 aromatic heterocycles. The van der Waals surface area contributed by atoms with Gasteiger partial charge in [0.05, 0.1) is 0 Å². The van der Waals surface area contributed by atoms with Gasteiger partial charge in [-0.05, 0) is 44.6 Å². The Morgan fingerprint density at radius 1 is 1.21 bits per heavy atom. The van der Waals surface area contributed by atoms with Crippen LogP contribution in [0.1, 0.15) is 47.0 Å². The summed E-state index contributed by atoms with van der Waals surface area (Å²) in [4.78, 5) is 5.33. The number of hydrogen-bond acceptors (Lipinski definition) is 3. The van der Waals surface area contributed by atoms with Gasteiger partial charge in [0.1, 0.15) is 0 Å². The first kappa shape index (κ1) is 15.3. The van der Waals surface area contributed by atoms with E-state index >= 15 is 0 Å². The molecule has 2 N–H and O–H groups in total. The monoisotopic (exact) mass is 267 g/mol. The first-order valence-corrected chi connectivity index (χ1v) is 8.22. The van der Waals surface area contributed by atoms with Crippen molar-refractivity contribution in [3.63, 3.8) is 0 Å². The van der Waals surface area contributed by atoms with Crippen molar-refractivity contribution in [1.29, 1.82) is 0 Å². The number of hydrogen-bond donors (Lipinski definition) is 1. The van der Waals surface area contributed by atoms with Crippen LogP contribution in [0, 0.1) is 11.8 Å². The number of likely N-dealkylation sites (N-methyl/N-ethyl adjacent to an activating group) is 1. The van der Waals surface area contributed by atoms with Gasteiger partial charge in [-0.15, -0.1) is 0 Å². The van der Waals surface area contributed by atoms with E-state index in [0.29, 0.717) is 6.04 Å². The molecular weight excluding hydrogens is 234 g/mol. The van der Waals surface area contributed by atoms with E-state index in [9.17, 15) is 0 Å². The standard InChI is InChI=1S/C16H33N3/c1-5-18-8-9-19(11-15(18)4)16(12-17)7-6-13(2)10-14(16)3/h13-15H,5-12,17H2,1-4H3. The van der Waals surface area contributed by atoms with Gasteiger partial charge in [-0.2, -0.15) is 0 Å². The van der Waals surface area contributed by atoms with Crippen molar-refractivity contribution >= 4 is 0 Å². The normalized spacial score (nSPS) is 42.5. The molecule has 0 bridgehead atoms. The van der Waals surface area contributed by atoms with Gasteiger partial charge in [0, 0.05) is 37.8 Å². The van der Waals surface area contributed by atoms with E-state index < -0.39 is 0 Å². The van der Waals surface area contributed by atoms with Gasteiger partial charge < -0.3 is 5.73 Å². The molecule has 0 radical (unpaired) electrons. The van der Waals surface area contributed by atoms with Crippen molar-refractivity contribution < 1.29 is 0 Å². The van der Waals surface area contributed by atoms with Gasteiger partial charge in [0.15, 0.2) is 0 Å². The fourth-order valence-corrected chi connectivity index (χ4v) is 4.46. The molecule has 4 unspecified atom stereocenters. The predicted octanol–water partition coefficient (Wildman–Crippen LogP) is 2.17. The highest BCUT2D eigenvalue weighted by atomic mass is 15.3. The highest BCUT2D eigenvalue weighted by Gasteiger charge is 2.45.